The number of hydrogen-bond donors (Lipinski definition) is 2. The van der Waals surface area contributed by atoms with Gasteiger partial charge in [-0.15, -0.1) is 5.10 Å². The lowest BCUT2D eigenvalue weighted by Gasteiger charge is -2.23. The molecule has 0 atom stereocenters. The van der Waals surface area contributed by atoms with Gasteiger partial charge in [-0.2, -0.15) is 4.68 Å². The van der Waals surface area contributed by atoms with Gasteiger partial charge in [-0.3, -0.25) is 4.79 Å². The molecule has 1 saturated carbocycles. The lowest BCUT2D eigenvalue weighted by atomic mass is 9.95. The molecule has 150 valence electrons. The van der Waals surface area contributed by atoms with Crippen molar-refractivity contribution in [1.82, 2.24) is 25.5 Å². The third-order valence-corrected chi connectivity index (χ3v) is 5.40. The highest BCUT2D eigenvalue weighted by atomic mass is 16.1. The zero-order valence-electron chi connectivity index (χ0n) is 16.6. The van der Waals surface area contributed by atoms with Crippen molar-refractivity contribution in [3.8, 4) is 5.69 Å². The van der Waals surface area contributed by atoms with Gasteiger partial charge in [0.1, 0.15) is 0 Å². The summed E-state index contributed by atoms with van der Waals surface area (Å²) in [6, 6.07) is 15.9. The van der Waals surface area contributed by atoms with E-state index in [0.29, 0.717) is 18.2 Å². The molecular formula is C22H26N6O. The van der Waals surface area contributed by atoms with Crippen LogP contribution in [-0.4, -0.2) is 32.2 Å². The second kappa shape index (κ2) is 8.86. The van der Waals surface area contributed by atoms with E-state index in [4.69, 9.17) is 0 Å². The third kappa shape index (κ3) is 4.62. The largest absolute Gasteiger partial charge is 0.377 e. The Bertz CT molecular complexity index is 962. The first kappa shape index (κ1) is 19.1. The van der Waals surface area contributed by atoms with Crippen LogP contribution in [0.1, 0.15) is 53.8 Å². The first-order valence-electron chi connectivity index (χ1n) is 10.2. The first-order valence-corrected chi connectivity index (χ1v) is 10.2. The number of rotatable bonds is 6. The maximum atomic E-state index is 12.6. The van der Waals surface area contributed by atoms with Gasteiger partial charge >= 0.3 is 0 Å². The van der Waals surface area contributed by atoms with Crippen LogP contribution >= 0.6 is 0 Å². The molecule has 1 fully saturated rings. The summed E-state index contributed by atoms with van der Waals surface area (Å²) in [5.41, 5.74) is 3.59. The van der Waals surface area contributed by atoms with Crippen LogP contribution in [0, 0.1) is 6.92 Å². The molecule has 0 spiro atoms. The van der Waals surface area contributed by atoms with E-state index >= 15 is 0 Å². The molecule has 7 heteroatoms. The standard InChI is InChI=1S/C22H26N6O/c1-16-14-17(22(29)24-18-8-4-2-5-9-18)12-13-20(16)23-15-21-25-26-27-28(21)19-10-6-3-7-11-19/h3,6-7,10-14,18,23H,2,4-5,8-9,15H2,1H3,(H,24,29). The van der Waals surface area contributed by atoms with Crippen LogP contribution in [0.25, 0.3) is 5.69 Å². The molecule has 0 bridgehead atoms. The summed E-state index contributed by atoms with van der Waals surface area (Å²) in [5.74, 6) is 0.731. The quantitative estimate of drug-likeness (QED) is 0.671. The van der Waals surface area contributed by atoms with Crippen LogP contribution in [0.3, 0.4) is 0 Å². The average molecular weight is 390 g/mol. The highest BCUT2D eigenvalue weighted by Gasteiger charge is 2.17. The van der Waals surface area contributed by atoms with Crippen molar-refractivity contribution in [3.63, 3.8) is 0 Å². The third-order valence-electron chi connectivity index (χ3n) is 5.40. The van der Waals surface area contributed by atoms with Gasteiger partial charge in [-0.05, 0) is 66.1 Å². The van der Waals surface area contributed by atoms with Crippen LogP contribution in [0.2, 0.25) is 0 Å². The highest BCUT2D eigenvalue weighted by Crippen LogP contribution is 2.20. The minimum atomic E-state index is 0.0135. The molecule has 1 aliphatic carbocycles. The second-order valence-electron chi connectivity index (χ2n) is 7.53. The number of tetrazole rings is 1. The number of amides is 1. The summed E-state index contributed by atoms with van der Waals surface area (Å²) in [5, 5.41) is 18.5. The fraction of sp³-hybridized carbons (Fsp3) is 0.364. The van der Waals surface area contributed by atoms with Crippen molar-refractivity contribution in [3.05, 3.63) is 65.5 Å². The fourth-order valence-corrected chi connectivity index (χ4v) is 3.78. The Balaban J connectivity index is 1.40. The van der Waals surface area contributed by atoms with Crippen molar-refractivity contribution in [1.29, 1.82) is 0 Å². The number of benzene rings is 2. The van der Waals surface area contributed by atoms with E-state index in [1.807, 2.05) is 55.5 Å². The van der Waals surface area contributed by atoms with Gasteiger partial charge in [-0.1, -0.05) is 37.5 Å². The number of carbonyl (C=O) groups is 1. The summed E-state index contributed by atoms with van der Waals surface area (Å²) in [6.07, 6.45) is 5.85. The van der Waals surface area contributed by atoms with Gasteiger partial charge in [0.15, 0.2) is 5.82 Å². The molecule has 3 aromatic rings. The van der Waals surface area contributed by atoms with Gasteiger partial charge in [-0.25, -0.2) is 0 Å². The number of hydrogen-bond acceptors (Lipinski definition) is 5. The minimum Gasteiger partial charge on any atom is -0.377 e. The van der Waals surface area contributed by atoms with Crippen molar-refractivity contribution in [2.24, 2.45) is 0 Å². The van der Waals surface area contributed by atoms with Gasteiger partial charge in [0.25, 0.3) is 5.91 Å². The molecule has 1 aromatic heterocycles. The fourth-order valence-electron chi connectivity index (χ4n) is 3.78. The maximum Gasteiger partial charge on any atom is 0.251 e. The summed E-state index contributed by atoms with van der Waals surface area (Å²) in [7, 11) is 0. The number of para-hydroxylation sites is 1. The first-order chi connectivity index (χ1) is 14.2. The molecule has 0 unspecified atom stereocenters. The van der Waals surface area contributed by atoms with E-state index in [1.54, 1.807) is 4.68 Å². The van der Waals surface area contributed by atoms with E-state index in [-0.39, 0.29) is 5.91 Å². The molecule has 0 radical (unpaired) electrons. The Hall–Kier alpha value is -3.22. The van der Waals surface area contributed by atoms with E-state index in [9.17, 15) is 4.79 Å². The maximum absolute atomic E-state index is 12.6. The van der Waals surface area contributed by atoms with E-state index in [0.717, 1.165) is 35.6 Å². The predicted molar refractivity (Wildman–Crippen MR) is 112 cm³/mol. The molecule has 0 saturated heterocycles. The van der Waals surface area contributed by atoms with E-state index in [2.05, 4.69) is 26.2 Å². The molecular weight excluding hydrogens is 364 g/mol. The lowest BCUT2D eigenvalue weighted by molar-refractivity contribution is 0.0927. The number of carbonyl (C=O) groups excluding carboxylic acids is 1. The summed E-state index contributed by atoms with van der Waals surface area (Å²) in [4.78, 5) is 12.6. The van der Waals surface area contributed by atoms with Gasteiger partial charge in [0.2, 0.25) is 0 Å². The Morgan fingerprint density at radius 3 is 2.66 bits per heavy atom. The average Bonchev–Trinajstić information content (AvgIpc) is 3.23. The summed E-state index contributed by atoms with van der Waals surface area (Å²) in [6.45, 7) is 2.48. The van der Waals surface area contributed by atoms with Gasteiger partial charge in [0, 0.05) is 17.3 Å². The van der Waals surface area contributed by atoms with Crippen LogP contribution in [0.5, 0.6) is 0 Å². The normalized spacial score (nSPS) is 14.5. The van der Waals surface area contributed by atoms with Gasteiger partial charge in [0.05, 0.1) is 12.2 Å². The molecule has 2 aromatic carbocycles. The Morgan fingerprint density at radius 2 is 1.90 bits per heavy atom. The molecule has 1 aliphatic rings. The van der Waals surface area contributed by atoms with Crippen molar-refractivity contribution in [2.45, 2.75) is 51.6 Å². The number of nitrogens with zero attached hydrogens (tertiary/aromatic N) is 4. The zero-order valence-corrected chi connectivity index (χ0v) is 16.6. The van der Waals surface area contributed by atoms with Crippen LogP contribution in [0.4, 0.5) is 5.69 Å². The molecule has 2 N–H and O–H groups in total. The molecule has 1 heterocycles. The van der Waals surface area contributed by atoms with Crippen LogP contribution in [0.15, 0.2) is 48.5 Å². The smallest absolute Gasteiger partial charge is 0.251 e. The number of aromatic nitrogens is 4. The summed E-state index contributed by atoms with van der Waals surface area (Å²) >= 11 is 0. The topological polar surface area (TPSA) is 84.7 Å². The number of aryl methyl sites for hydroxylation is 1. The van der Waals surface area contributed by atoms with Crippen molar-refractivity contribution < 1.29 is 4.79 Å². The van der Waals surface area contributed by atoms with Crippen LogP contribution < -0.4 is 10.6 Å². The molecule has 4 rings (SSSR count). The lowest BCUT2D eigenvalue weighted by Crippen LogP contribution is -2.36. The Kier molecular flexibility index (Phi) is 5.84. The second-order valence-corrected chi connectivity index (χ2v) is 7.53. The molecule has 29 heavy (non-hydrogen) atoms. The monoisotopic (exact) mass is 390 g/mol. The minimum absolute atomic E-state index is 0.0135. The molecule has 1 amide bonds. The van der Waals surface area contributed by atoms with Crippen LogP contribution in [-0.2, 0) is 6.54 Å². The summed E-state index contributed by atoms with van der Waals surface area (Å²) < 4.78 is 1.72. The van der Waals surface area contributed by atoms with Crippen molar-refractivity contribution >= 4 is 11.6 Å². The van der Waals surface area contributed by atoms with E-state index < -0.39 is 0 Å². The number of anilines is 1. The molecule has 0 aliphatic heterocycles. The SMILES string of the molecule is Cc1cc(C(=O)NC2CCCCC2)ccc1NCc1nnnn1-c1ccccc1. The molecule has 7 nitrogen and oxygen atoms in total. The van der Waals surface area contributed by atoms with Crippen molar-refractivity contribution in [2.75, 3.05) is 5.32 Å². The van der Waals surface area contributed by atoms with Gasteiger partial charge < -0.3 is 10.6 Å². The highest BCUT2D eigenvalue weighted by molar-refractivity contribution is 5.95. The van der Waals surface area contributed by atoms with E-state index in [1.165, 1.54) is 19.3 Å². The Morgan fingerprint density at radius 1 is 1.10 bits per heavy atom. The zero-order chi connectivity index (χ0) is 20.1. The number of nitrogens with one attached hydrogen (secondary N) is 2. The Labute approximate surface area is 170 Å². The predicted octanol–water partition coefficient (Wildman–Crippen LogP) is 3.65.